The molecule has 0 aliphatic rings. The van der Waals surface area contributed by atoms with Crippen molar-refractivity contribution in [1.29, 1.82) is 0 Å². The zero-order valence-electron chi connectivity index (χ0n) is 11.6. The number of hydrogen-bond donors (Lipinski definition) is 1. The van der Waals surface area contributed by atoms with Crippen LogP contribution in [-0.4, -0.2) is 38.4 Å². The summed E-state index contributed by atoms with van der Waals surface area (Å²) in [7, 11) is -3.92. The Morgan fingerprint density at radius 3 is 2.57 bits per heavy atom. The molecule has 0 saturated carbocycles. The van der Waals surface area contributed by atoms with Crippen molar-refractivity contribution in [3.05, 3.63) is 21.6 Å². The number of carbonyl (C=O) groups excluding carboxylic acids is 1. The third kappa shape index (κ3) is 4.32. The van der Waals surface area contributed by atoms with Crippen molar-refractivity contribution in [3.63, 3.8) is 0 Å². The molecule has 0 fully saturated rings. The van der Waals surface area contributed by atoms with E-state index in [1.807, 2.05) is 0 Å². The van der Waals surface area contributed by atoms with Crippen LogP contribution in [0.15, 0.2) is 21.5 Å². The molecule has 6 nitrogen and oxygen atoms in total. The summed E-state index contributed by atoms with van der Waals surface area (Å²) < 4.78 is 31.2. The standard InChI is InChI=1S/C12H16BrClN2O4S/c1-3-16(7-11(17)20-4-2)21(18,19)10-6-8(14)5-9(15)12(10)13/h5-6H,3-4,7,15H2,1-2H3. The van der Waals surface area contributed by atoms with Crippen LogP contribution in [0.4, 0.5) is 5.69 Å². The van der Waals surface area contributed by atoms with Gasteiger partial charge >= 0.3 is 5.97 Å². The number of nitrogen functional groups attached to an aromatic ring is 1. The lowest BCUT2D eigenvalue weighted by molar-refractivity contribution is -0.143. The van der Waals surface area contributed by atoms with Crippen LogP contribution in [-0.2, 0) is 19.6 Å². The molecule has 0 aliphatic heterocycles. The van der Waals surface area contributed by atoms with Crippen LogP contribution in [0.5, 0.6) is 0 Å². The van der Waals surface area contributed by atoms with Crippen molar-refractivity contribution in [1.82, 2.24) is 4.31 Å². The Morgan fingerprint density at radius 2 is 2.05 bits per heavy atom. The highest BCUT2D eigenvalue weighted by Crippen LogP contribution is 2.33. The van der Waals surface area contributed by atoms with Gasteiger partial charge < -0.3 is 10.5 Å². The van der Waals surface area contributed by atoms with Gasteiger partial charge in [0.1, 0.15) is 6.54 Å². The van der Waals surface area contributed by atoms with Gasteiger partial charge in [0.25, 0.3) is 0 Å². The first-order valence-corrected chi connectivity index (χ1v) is 8.75. The van der Waals surface area contributed by atoms with E-state index in [1.165, 1.54) is 12.1 Å². The van der Waals surface area contributed by atoms with Gasteiger partial charge in [-0.05, 0) is 35.0 Å². The Morgan fingerprint density at radius 1 is 1.43 bits per heavy atom. The van der Waals surface area contributed by atoms with E-state index in [-0.39, 0.29) is 39.8 Å². The lowest BCUT2D eigenvalue weighted by Gasteiger charge is -2.20. The quantitative estimate of drug-likeness (QED) is 0.585. The fourth-order valence-electron chi connectivity index (χ4n) is 1.63. The molecule has 0 bridgehead atoms. The number of hydrogen-bond acceptors (Lipinski definition) is 5. The molecule has 0 aromatic heterocycles. The van der Waals surface area contributed by atoms with Gasteiger partial charge in [-0.3, -0.25) is 4.79 Å². The normalized spacial score (nSPS) is 11.7. The van der Waals surface area contributed by atoms with Crippen LogP contribution in [0.1, 0.15) is 13.8 Å². The average Bonchev–Trinajstić information content (AvgIpc) is 2.40. The van der Waals surface area contributed by atoms with Gasteiger partial charge in [-0.2, -0.15) is 4.31 Å². The lowest BCUT2D eigenvalue weighted by atomic mass is 10.3. The fraction of sp³-hybridized carbons (Fsp3) is 0.417. The second-order valence-electron chi connectivity index (χ2n) is 4.04. The number of ether oxygens (including phenoxy) is 1. The second kappa shape index (κ2) is 7.44. The number of sulfonamides is 1. The number of rotatable bonds is 6. The smallest absolute Gasteiger partial charge is 0.321 e. The molecule has 118 valence electrons. The minimum atomic E-state index is -3.92. The van der Waals surface area contributed by atoms with Gasteiger partial charge in [-0.15, -0.1) is 0 Å². The number of benzene rings is 1. The van der Waals surface area contributed by atoms with E-state index < -0.39 is 16.0 Å². The first-order valence-electron chi connectivity index (χ1n) is 6.14. The number of nitrogens with zero attached hydrogens (tertiary/aromatic N) is 1. The minimum Gasteiger partial charge on any atom is -0.465 e. The summed E-state index contributed by atoms with van der Waals surface area (Å²) >= 11 is 9.00. The highest BCUT2D eigenvalue weighted by molar-refractivity contribution is 9.10. The number of carbonyl (C=O) groups is 1. The van der Waals surface area contributed by atoms with Crippen LogP contribution >= 0.6 is 27.5 Å². The van der Waals surface area contributed by atoms with Crippen molar-refractivity contribution in [2.24, 2.45) is 0 Å². The SMILES string of the molecule is CCOC(=O)CN(CC)S(=O)(=O)c1cc(Cl)cc(N)c1Br. The van der Waals surface area contributed by atoms with Gasteiger partial charge in [0.05, 0.1) is 16.0 Å². The van der Waals surface area contributed by atoms with Crippen molar-refractivity contribution >= 4 is 49.2 Å². The van der Waals surface area contributed by atoms with Crippen LogP contribution < -0.4 is 5.73 Å². The van der Waals surface area contributed by atoms with Crippen LogP contribution in [0, 0.1) is 0 Å². The number of esters is 1. The van der Waals surface area contributed by atoms with E-state index in [4.69, 9.17) is 22.1 Å². The summed E-state index contributed by atoms with van der Waals surface area (Å²) in [6.45, 7) is 3.20. The van der Waals surface area contributed by atoms with Crippen molar-refractivity contribution in [2.45, 2.75) is 18.7 Å². The first kappa shape index (κ1) is 18.2. The Hall–Kier alpha value is -0.830. The summed E-state index contributed by atoms with van der Waals surface area (Å²) in [6.07, 6.45) is 0. The molecule has 0 unspecified atom stereocenters. The highest BCUT2D eigenvalue weighted by Gasteiger charge is 2.28. The predicted molar refractivity (Wildman–Crippen MR) is 84.6 cm³/mol. The molecule has 21 heavy (non-hydrogen) atoms. The molecule has 0 aliphatic carbocycles. The van der Waals surface area contributed by atoms with Gasteiger partial charge in [-0.25, -0.2) is 8.42 Å². The monoisotopic (exact) mass is 398 g/mol. The van der Waals surface area contributed by atoms with Gasteiger partial charge in [0, 0.05) is 17.3 Å². The van der Waals surface area contributed by atoms with Crippen LogP contribution in [0.25, 0.3) is 0 Å². The van der Waals surface area contributed by atoms with Gasteiger partial charge in [0.15, 0.2) is 0 Å². The zero-order chi connectivity index (χ0) is 16.2. The Balaban J connectivity index is 3.22. The fourth-order valence-corrected chi connectivity index (χ4v) is 4.28. The number of nitrogens with two attached hydrogens (primary N) is 1. The van der Waals surface area contributed by atoms with Crippen LogP contribution in [0.3, 0.4) is 0 Å². The molecule has 1 aromatic rings. The Bertz CT molecular complexity index is 636. The summed E-state index contributed by atoms with van der Waals surface area (Å²) in [4.78, 5) is 11.4. The number of anilines is 1. The average molecular weight is 400 g/mol. The summed E-state index contributed by atoms with van der Waals surface area (Å²) in [5.41, 5.74) is 5.90. The summed E-state index contributed by atoms with van der Waals surface area (Å²) in [5.74, 6) is -0.617. The van der Waals surface area contributed by atoms with Crippen molar-refractivity contribution < 1.29 is 17.9 Å². The molecular formula is C12H16BrClN2O4S. The maximum Gasteiger partial charge on any atom is 0.321 e. The third-order valence-corrected chi connectivity index (χ3v) is 5.92. The van der Waals surface area contributed by atoms with E-state index in [9.17, 15) is 13.2 Å². The molecule has 0 radical (unpaired) electrons. The Labute approximate surface area is 137 Å². The largest absolute Gasteiger partial charge is 0.465 e. The van der Waals surface area contributed by atoms with Crippen LogP contribution in [0.2, 0.25) is 5.02 Å². The molecule has 1 aromatic carbocycles. The molecule has 9 heteroatoms. The molecular weight excluding hydrogens is 384 g/mol. The predicted octanol–water partition coefficient (Wildman–Crippen LogP) is 2.26. The second-order valence-corrected chi connectivity index (χ2v) is 7.18. The van der Waals surface area contributed by atoms with Gasteiger partial charge in [-0.1, -0.05) is 18.5 Å². The van der Waals surface area contributed by atoms with E-state index in [0.717, 1.165) is 4.31 Å². The third-order valence-electron chi connectivity index (χ3n) is 2.61. The topological polar surface area (TPSA) is 89.7 Å². The van der Waals surface area contributed by atoms with E-state index in [1.54, 1.807) is 13.8 Å². The summed E-state index contributed by atoms with van der Waals surface area (Å²) in [5, 5.41) is 0.196. The van der Waals surface area contributed by atoms with Crippen molar-refractivity contribution in [2.75, 3.05) is 25.4 Å². The number of halogens is 2. The molecule has 0 heterocycles. The lowest BCUT2D eigenvalue weighted by Crippen LogP contribution is -2.36. The summed E-state index contributed by atoms with van der Waals surface area (Å²) in [6, 6.07) is 2.72. The van der Waals surface area contributed by atoms with E-state index >= 15 is 0 Å². The van der Waals surface area contributed by atoms with Crippen molar-refractivity contribution in [3.8, 4) is 0 Å². The first-order chi connectivity index (χ1) is 9.73. The Kier molecular flexibility index (Phi) is 6.45. The highest BCUT2D eigenvalue weighted by atomic mass is 79.9. The molecule has 0 saturated heterocycles. The maximum absolute atomic E-state index is 12.6. The zero-order valence-corrected chi connectivity index (χ0v) is 14.8. The molecule has 0 spiro atoms. The molecule has 1 rings (SSSR count). The maximum atomic E-state index is 12.6. The molecule has 0 atom stereocenters. The van der Waals surface area contributed by atoms with E-state index in [2.05, 4.69) is 15.9 Å². The van der Waals surface area contributed by atoms with E-state index in [0.29, 0.717) is 0 Å². The molecule has 0 amide bonds. The van der Waals surface area contributed by atoms with Gasteiger partial charge in [0.2, 0.25) is 10.0 Å². The minimum absolute atomic E-state index is 0.0846. The number of likely N-dealkylation sites (N-methyl/N-ethyl adjacent to an activating group) is 1. The molecule has 2 N–H and O–H groups in total.